The molecule has 1 amide bonds. The number of carboxylic acids is 1. The van der Waals surface area contributed by atoms with E-state index in [1.165, 1.54) is 0 Å². The van der Waals surface area contributed by atoms with Gasteiger partial charge in [0, 0.05) is 32.6 Å². The second-order valence-corrected chi connectivity index (χ2v) is 3.37. The first-order valence-corrected chi connectivity index (χ1v) is 5.81. The molecule has 0 aromatic rings. The van der Waals surface area contributed by atoms with Gasteiger partial charge in [-0.25, -0.2) is 0 Å². The van der Waals surface area contributed by atoms with E-state index in [4.69, 9.17) is 14.6 Å². The number of hydrogen-bond donors (Lipinski definition) is 2. The van der Waals surface area contributed by atoms with Gasteiger partial charge in [-0.05, 0) is 13.8 Å². The zero-order valence-corrected chi connectivity index (χ0v) is 10.4. The molecule has 0 aliphatic rings. The van der Waals surface area contributed by atoms with Gasteiger partial charge in [0.25, 0.3) is 0 Å². The van der Waals surface area contributed by atoms with Gasteiger partial charge in [0.1, 0.15) is 0 Å². The largest absolute Gasteiger partial charge is 0.481 e. The van der Waals surface area contributed by atoms with Crippen molar-refractivity contribution in [1.82, 2.24) is 5.32 Å². The Morgan fingerprint density at radius 3 is 2.24 bits per heavy atom. The van der Waals surface area contributed by atoms with Crippen LogP contribution in [0.2, 0.25) is 0 Å². The van der Waals surface area contributed by atoms with Gasteiger partial charge in [-0.3, -0.25) is 9.59 Å². The first-order valence-electron chi connectivity index (χ1n) is 5.81. The topological polar surface area (TPSA) is 84.9 Å². The normalized spacial score (nSPS) is 10.5. The van der Waals surface area contributed by atoms with Crippen LogP contribution in [0, 0.1) is 0 Å². The molecule has 0 saturated heterocycles. The monoisotopic (exact) mass is 247 g/mol. The van der Waals surface area contributed by atoms with Gasteiger partial charge < -0.3 is 19.9 Å². The molecule has 0 aliphatic carbocycles. The van der Waals surface area contributed by atoms with Crippen LogP contribution < -0.4 is 5.32 Å². The molecule has 0 aromatic carbocycles. The summed E-state index contributed by atoms with van der Waals surface area (Å²) in [5.74, 6) is -1.24. The molecule has 100 valence electrons. The molecule has 0 rings (SSSR count). The number of rotatable bonds is 10. The summed E-state index contributed by atoms with van der Waals surface area (Å²) in [5, 5.41) is 11.0. The maximum atomic E-state index is 11.2. The number of ether oxygens (including phenoxy) is 2. The highest BCUT2D eigenvalue weighted by Crippen LogP contribution is 2.00. The number of carbonyl (C=O) groups excluding carboxylic acids is 1. The second-order valence-electron chi connectivity index (χ2n) is 3.37. The maximum Gasteiger partial charge on any atom is 0.303 e. The van der Waals surface area contributed by atoms with Gasteiger partial charge in [0.05, 0.1) is 6.42 Å². The minimum Gasteiger partial charge on any atom is -0.481 e. The Kier molecular flexibility index (Phi) is 9.37. The van der Waals surface area contributed by atoms with Gasteiger partial charge in [0.15, 0.2) is 6.29 Å². The highest BCUT2D eigenvalue weighted by atomic mass is 16.7. The predicted molar refractivity (Wildman–Crippen MR) is 61.5 cm³/mol. The summed E-state index contributed by atoms with van der Waals surface area (Å²) in [7, 11) is 0. The summed E-state index contributed by atoms with van der Waals surface area (Å²) in [6, 6.07) is 0. The number of nitrogens with one attached hydrogen (secondary N) is 1. The molecule has 2 N–H and O–H groups in total. The van der Waals surface area contributed by atoms with Crippen LogP contribution in [-0.2, 0) is 19.1 Å². The summed E-state index contributed by atoms with van der Waals surface area (Å²) < 4.78 is 10.6. The average molecular weight is 247 g/mol. The Bertz CT molecular complexity index is 226. The van der Waals surface area contributed by atoms with Crippen LogP contribution in [0.1, 0.15) is 33.1 Å². The molecule has 0 atom stereocenters. The van der Waals surface area contributed by atoms with E-state index in [-0.39, 0.29) is 25.0 Å². The average Bonchev–Trinajstić information content (AvgIpc) is 2.27. The maximum absolute atomic E-state index is 11.2. The van der Waals surface area contributed by atoms with Gasteiger partial charge in [-0.2, -0.15) is 0 Å². The van der Waals surface area contributed by atoms with Crippen molar-refractivity contribution < 1.29 is 24.2 Å². The van der Waals surface area contributed by atoms with Crippen molar-refractivity contribution in [3.63, 3.8) is 0 Å². The quantitative estimate of drug-likeness (QED) is 0.557. The van der Waals surface area contributed by atoms with E-state index >= 15 is 0 Å². The standard InChI is InChI=1S/C11H21NO5/c1-3-16-11(17-4-2)7-8-12-9(13)5-6-10(14)15/h11H,3-8H2,1-2H3,(H,12,13)(H,14,15). The third-order valence-electron chi connectivity index (χ3n) is 1.97. The Morgan fingerprint density at radius 1 is 1.18 bits per heavy atom. The lowest BCUT2D eigenvalue weighted by Gasteiger charge is -2.16. The highest BCUT2D eigenvalue weighted by molar-refractivity contribution is 5.80. The van der Waals surface area contributed by atoms with Crippen LogP contribution in [0.4, 0.5) is 0 Å². The zero-order chi connectivity index (χ0) is 13.1. The zero-order valence-electron chi connectivity index (χ0n) is 10.4. The van der Waals surface area contributed by atoms with E-state index in [1.807, 2.05) is 13.8 Å². The van der Waals surface area contributed by atoms with Crippen LogP contribution >= 0.6 is 0 Å². The van der Waals surface area contributed by atoms with Crippen molar-refractivity contribution in [2.45, 2.75) is 39.4 Å². The lowest BCUT2D eigenvalue weighted by atomic mass is 10.3. The van der Waals surface area contributed by atoms with E-state index in [2.05, 4.69) is 5.32 Å². The Labute approximate surface area is 101 Å². The van der Waals surface area contributed by atoms with Crippen LogP contribution in [0.5, 0.6) is 0 Å². The lowest BCUT2D eigenvalue weighted by Crippen LogP contribution is -2.29. The first kappa shape index (κ1) is 15.9. The molecule has 0 bridgehead atoms. The fourth-order valence-electron chi connectivity index (χ4n) is 1.22. The van der Waals surface area contributed by atoms with Crippen molar-refractivity contribution >= 4 is 11.9 Å². The number of carboxylic acid groups (broad SMARTS) is 1. The molecule has 17 heavy (non-hydrogen) atoms. The fourth-order valence-corrected chi connectivity index (χ4v) is 1.22. The van der Waals surface area contributed by atoms with E-state index in [0.717, 1.165) is 0 Å². The molecule has 0 aromatic heterocycles. The summed E-state index contributed by atoms with van der Waals surface area (Å²) in [5.41, 5.74) is 0. The van der Waals surface area contributed by atoms with Gasteiger partial charge >= 0.3 is 5.97 Å². The van der Waals surface area contributed by atoms with Crippen LogP contribution in [0.15, 0.2) is 0 Å². The number of carbonyl (C=O) groups is 2. The van der Waals surface area contributed by atoms with Crippen molar-refractivity contribution in [2.75, 3.05) is 19.8 Å². The van der Waals surface area contributed by atoms with Gasteiger partial charge in [-0.15, -0.1) is 0 Å². The minimum atomic E-state index is -0.971. The third-order valence-corrected chi connectivity index (χ3v) is 1.97. The number of hydrogen-bond acceptors (Lipinski definition) is 4. The van der Waals surface area contributed by atoms with Crippen LogP contribution in [-0.4, -0.2) is 43.0 Å². The predicted octanol–water partition coefficient (Wildman–Crippen LogP) is 0.757. The fraction of sp³-hybridized carbons (Fsp3) is 0.818. The third kappa shape index (κ3) is 9.77. The molecule has 0 fully saturated rings. The van der Waals surface area contributed by atoms with Crippen molar-refractivity contribution in [3.8, 4) is 0 Å². The van der Waals surface area contributed by atoms with Crippen molar-refractivity contribution in [3.05, 3.63) is 0 Å². The van der Waals surface area contributed by atoms with E-state index in [9.17, 15) is 9.59 Å². The molecule has 0 spiro atoms. The summed E-state index contributed by atoms with van der Waals surface area (Å²) in [4.78, 5) is 21.4. The van der Waals surface area contributed by atoms with Crippen LogP contribution in [0.25, 0.3) is 0 Å². The van der Waals surface area contributed by atoms with Crippen molar-refractivity contribution in [1.29, 1.82) is 0 Å². The van der Waals surface area contributed by atoms with Crippen LogP contribution in [0.3, 0.4) is 0 Å². The smallest absolute Gasteiger partial charge is 0.303 e. The molecule has 0 saturated carbocycles. The molecule has 6 nitrogen and oxygen atoms in total. The Hall–Kier alpha value is -1.14. The Balaban J connectivity index is 3.64. The van der Waals surface area contributed by atoms with Gasteiger partial charge in [-0.1, -0.05) is 0 Å². The minimum absolute atomic E-state index is 0.00324. The van der Waals surface area contributed by atoms with E-state index < -0.39 is 5.97 Å². The van der Waals surface area contributed by atoms with Crippen molar-refractivity contribution in [2.24, 2.45) is 0 Å². The SMILES string of the molecule is CCOC(CCNC(=O)CCC(=O)O)OCC. The molecular formula is C11H21NO5. The summed E-state index contributed by atoms with van der Waals surface area (Å²) >= 11 is 0. The molecule has 6 heteroatoms. The summed E-state index contributed by atoms with van der Waals surface area (Å²) in [6.07, 6.45) is 0.0976. The summed E-state index contributed by atoms with van der Waals surface area (Å²) in [6.45, 7) is 5.27. The van der Waals surface area contributed by atoms with E-state index in [1.54, 1.807) is 0 Å². The first-order chi connectivity index (χ1) is 8.10. The molecule has 0 radical (unpaired) electrons. The lowest BCUT2D eigenvalue weighted by molar-refractivity contribution is -0.141. The number of aliphatic carboxylic acids is 1. The molecule has 0 aliphatic heterocycles. The highest BCUT2D eigenvalue weighted by Gasteiger charge is 2.09. The van der Waals surface area contributed by atoms with E-state index in [0.29, 0.717) is 26.2 Å². The Morgan fingerprint density at radius 2 is 1.76 bits per heavy atom. The second kappa shape index (κ2) is 10.0. The molecule has 0 unspecified atom stereocenters. The molecular weight excluding hydrogens is 226 g/mol. The number of amides is 1. The molecule has 0 heterocycles. The van der Waals surface area contributed by atoms with Gasteiger partial charge in [0.2, 0.25) is 5.91 Å².